The molecule has 0 atom stereocenters. The molecule has 2 aromatic carbocycles. The minimum Gasteiger partial charge on any atom is -0.325 e. The lowest BCUT2D eigenvalue weighted by Crippen LogP contribution is -2.20. The van der Waals surface area contributed by atoms with Gasteiger partial charge in [-0.15, -0.1) is 0 Å². The summed E-state index contributed by atoms with van der Waals surface area (Å²) in [6.45, 7) is 0. The molecular formula is C18H14Cl2N4O2. The first-order valence-electron chi connectivity index (χ1n) is 7.55. The van der Waals surface area contributed by atoms with Crippen LogP contribution in [-0.2, 0) is 9.59 Å². The van der Waals surface area contributed by atoms with Crippen LogP contribution in [0, 0.1) is 11.3 Å². The molecular weight excluding hydrogens is 375 g/mol. The quantitative estimate of drug-likeness (QED) is 0.582. The van der Waals surface area contributed by atoms with E-state index in [2.05, 4.69) is 15.8 Å². The number of hydrogen-bond donors (Lipinski definition) is 2. The fraction of sp³-hybridized carbons (Fsp3) is 0.111. The van der Waals surface area contributed by atoms with Gasteiger partial charge in [0.25, 0.3) is 0 Å². The van der Waals surface area contributed by atoms with Crippen LogP contribution in [-0.4, -0.2) is 18.0 Å². The fourth-order valence-electron chi connectivity index (χ4n) is 1.91. The van der Waals surface area contributed by atoms with E-state index in [0.717, 1.165) is 5.56 Å². The van der Waals surface area contributed by atoms with Gasteiger partial charge in [-0.1, -0.05) is 35.3 Å². The lowest BCUT2D eigenvalue weighted by molar-refractivity contribution is -0.124. The molecule has 0 heterocycles. The first-order valence-corrected chi connectivity index (χ1v) is 8.30. The van der Waals surface area contributed by atoms with Crippen molar-refractivity contribution < 1.29 is 9.59 Å². The molecule has 8 heteroatoms. The van der Waals surface area contributed by atoms with E-state index in [0.29, 0.717) is 21.3 Å². The molecule has 0 spiro atoms. The van der Waals surface area contributed by atoms with Gasteiger partial charge < -0.3 is 5.32 Å². The van der Waals surface area contributed by atoms with Crippen molar-refractivity contribution in [3.05, 3.63) is 63.6 Å². The average Bonchev–Trinajstić information content (AvgIpc) is 2.63. The lowest BCUT2D eigenvalue weighted by Gasteiger charge is -2.07. The van der Waals surface area contributed by atoms with Crippen molar-refractivity contribution in [3.63, 3.8) is 0 Å². The van der Waals surface area contributed by atoms with Crippen molar-refractivity contribution in [2.24, 2.45) is 5.10 Å². The number of nitriles is 1. The summed E-state index contributed by atoms with van der Waals surface area (Å²) in [7, 11) is 0. The molecule has 2 aromatic rings. The van der Waals surface area contributed by atoms with Gasteiger partial charge in [0.1, 0.15) is 0 Å². The second-order valence-electron chi connectivity index (χ2n) is 5.20. The van der Waals surface area contributed by atoms with Crippen LogP contribution >= 0.6 is 23.2 Å². The van der Waals surface area contributed by atoms with Crippen LogP contribution < -0.4 is 10.7 Å². The Morgan fingerprint density at radius 3 is 2.42 bits per heavy atom. The summed E-state index contributed by atoms with van der Waals surface area (Å²) >= 11 is 11.8. The summed E-state index contributed by atoms with van der Waals surface area (Å²) in [5.74, 6) is -0.743. The van der Waals surface area contributed by atoms with Gasteiger partial charge in [0.2, 0.25) is 11.8 Å². The molecule has 0 saturated heterocycles. The summed E-state index contributed by atoms with van der Waals surface area (Å²) in [6, 6.07) is 13.4. The molecule has 0 radical (unpaired) electrons. The summed E-state index contributed by atoms with van der Waals surface area (Å²) in [5, 5.41) is 15.9. The molecule has 2 rings (SSSR count). The Hall–Kier alpha value is -2.88. The largest absolute Gasteiger partial charge is 0.325 e. The predicted molar refractivity (Wildman–Crippen MR) is 101 cm³/mol. The van der Waals surface area contributed by atoms with Gasteiger partial charge >= 0.3 is 0 Å². The molecule has 0 saturated carbocycles. The van der Waals surface area contributed by atoms with E-state index in [9.17, 15) is 9.59 Å². The standard InChI is InChI=1S/C18H14Cl2N4O2/c19-14-5-6-16(15(20)9-14)23-17(25)7-8-18(26)24-22-11-13-3-1-12(10-21)2-4-13/h1-6,9,11H,7-8H2,(H,23,25)(H,24,26)/b22-11+. The molecule has 2 amide bonds. The number of benzene rings is 2. The Kier molecular flexibility index (Phi) is 7.15. The fourth-order valence-corrected chi connectivity index (χ4v) is 2.36. The van der Waals surface area contributed by atoms with Crippen LogP contribution in [0.5, 0.6) is 0 Å². The number of nitrogens with one attached hydrogen (secondary N) is 2. The molecule has 0 aliphatic carbocycles. The number of hydrogen-bond acceptors (Lipinski definition) is 4. The van der Waals surface area contributed by atoms with E-state index >= 15 is 0 Å². The molecule has 26 heavy (non-hydrogen) atoms. The van der Waals surface area contributed by atoms with Gasteiger partial charge in [-0.25, -0.2) is 5.43 Å². The van der Waals surface area contributed by atoms with Crippen LogP contribution in [0.1, 0.15) is 24.0 Å². The summed E-state index contributed by atoms with van der Waals surface area (Å²) < 4.78 is 0. The molecule has 6 nitrogen and oxygen atoms in total. The summed E-state index contributed by atoms with van der Waals surface area (Å²) in [4.78, 5) is 23.6. The molecule has 132 valence electrons. The van der Waals surface area contributed by atoms with Crippen LogP contribution in [0.15, 0.2) is 47.6 Å². The predicted octanol–water partition coefficient (Wildman–Crippen LogP) is 3.73. The maximum atomic E-state index is 11.9. The Labute approximate surface area is 160 Å². The van der Waals surface area contributed by atoms with Gasteiger partial charge in [-0.2, -0.15) is 10.4 Å². The van der Waals surface area contributed by atoms with Crippen molar-refractivity contribution in [1.29, 1.82) is 5.26 Å². The highest BCUT2D eigenvalue weighted by atomic mass is 35.5. The molecule has 0 fully saturated rings. The summed E-state index contributed by atoms with van der Waals surface area (Å²) in [6.07, 6.45) is 1.41. The van der Waals surface area contributed by atoms with E-state index in [1.807, 2.05) is 6.07 Å². The molecule has 2 N–H and O–H groups in total. The van der Waals surface area contributed by atoms with Crippen molar-refractivity contribution in [2.75, 3.05) is 5.32 Å². The molecule has 0 aliphatic rings. The number of anilines is 1. The highest BCUT2D eigenvalue weighted by molar-refractivity contribution is 6.36. The minimum atomic E-state index is -0.396. The molecule has 0 aromatic heterocycles. The Morgan fingerprint density at radius 1 is 1.08 bits per heavy atom. The van der Waals surface area contributed by atoms with Gasteiger partial charge in [-0.3, -0.25) is 9.59 Å². The van der Waals surface area contributed by atoms with Gasteiger partial charge in [0, 0.05) is 17.9 Å². The highest BCUT2D eigenvalue weighted by Gasteiger charge is 2.09. The molecule has 0 aliphatic heterocycles. The molecule has 0 unspecified atom stereocenters. The number of carbonyl (C=O) groups excluding carboxylic acids is 2. The van der Waals surface area contributed by atoms with Crippen molar-refractivity contribution >= 4 is 46.9 Å². The first kappa shape index (κ1) is 19.4. The first-order chi connectivity index (χ1) is 12.5. The number of nitrogens with zero attached hydrogens (tertiary/aromatic N) is 2. The second-order valence-corrected chi connectivity index (χ2v) is 6.04. The normalized spacial score (nSPS) is 10.3. The minimum absolute atomic E-state index is 0.0167. The van der Waals surface area contributed by atoms with E-state index in [1.54, 1.807) is 36.4 Å². The zero-order valence-electron chi connectivity index (χ0n) is 13.5. The Bertz CT molecular complexity index is 874. The average molecular weight is 389 g/mol. The van der Waals surface area contributed by atoms with Gasteiger partial charge in [0.15, 0.2) is 0 Å². The lowest BCUT2D eigenvalue weighted by atomic mass is 10.2. The monoisotopic (exact) mass is 388 g/mol. The number of hydrazone groups is 1. The van der Waals surface area contributed by atoms with Crippen molar-refractivity contribution in [2.45, 2.75) is 12.8 Å². The third-order valence-electron chi connectivity index (χ3n) is 3.23. The van der Waals surface area contributed by atoms with Crippen molar-refractivity contribution in [3.8, 4) is 6.07 Å². The maximum Gasteiger partial charge on any atom is 0.240 e. The number of carbonyl (C=O) groups is 2. The van der Waals surface area contributed by atoms with E-state index in [-0.39, 0.29) is 18.7 Å². The van der Waals surface area contributed by atoms with Gasteiger partial charge in [0.05, 0.1) is 28.6 Å². The third kappa shape index (κ3) is 6.20. The van der Waals surface area contributed by atoms with E-state index < -0.39 is 5.91 Å². The van der Waals surface area contributed by atoms with Crippen LogP contribution in [0.25, 0.3) is 0 Å². The second kappa shape index (κ2) is 9.56. The molecule has 0 bridgehead atoms. The zero-order chi connectivity index (χ0) is 18.9. The number of halogens is 2. The van der Waals surface area contributed by atoms with Crippen molar-refractivity contribution in [1.82, 2.24) is 5.43 Å². The highest BCUT2D eigenvalue weighted by Crippen LogP contribution is 2.25. The van der Waals surface area contributed by atoms with Gasteiger partial charge in [-0.05, 0) is 35.9 Å². The number of rotatable bonds is 6. The zero-order valence-corrected chi connectivity index (χ0v) is 15.0. The summed E-state index contributed by atoms with van der Waals surface area (Å²) in [5.41, 5.74) is 4.05. The van der Waals surface area contributed by atoms with E-state index in [1.165, 1.54) is 12.3 Å². The van der Waals surface area contributed by atoms with Crippen LogP contribution in [0.4, 0.5) is 5.69 Å². The smallest absolute Gasteiger partial charge is 0.240 e. The Balaban J connectivity index is 1.76. The SMILES string of the molecule is N#Cc1ccc(/C=N/NC(=O)CCC(=O)Nc2ccc(Cl)cc2Cl)cc1. The van der Waals surface area contributed by atoms with Crippen LogP contribution in [0.3, 0.4) is 0 Å². The maximum absolute atomic E-state index is 11.9. The van der Waals surface area contributed by atoms with E-state index in [4.69, 9.17) is 28.5 Å². The Morgan fingerprint density at radius 2 is 1.77 bits per heavy atom. The topological polar surface area (TPSA) is 94.3 Å². The third-order valence-corrected chi connectivity index (χ3v) is 3.77. The number of amides is 2. The van der Waals surface area contributed by atoms with Crippen LogP contribution in [0.2, 0.25) is 10.0 Å².